The summed E-state index contributed by atoms with van der Waals surface area (Å²) in [6, 6.07) is 0. The zero-order valence-corrected chi connectivity index (χ0v) is 63.5. The number of allylic oxidation sites excluding steroid dienone is 20. The number of carbonyl (C=O) groups is 2. The molecule has 0 saturated heterocycles. The predicted octanol–water partition coefficient (Wildman–Crippen LogP) is 25.9. The third kappa shape index (κ3) is 79.3. The van der Waals surface area contributed by atoms with Gasteiger partial charge in [0.25, 0.3) is 7.82 Å². The Bertz CT molecular complexity index is 2020. The Kier molecular flexibility index (Phi) is 71.8. The molecule has 0 spiro atoms. The topological polar surface area (TPSA) is 111 Å². The van der Waals surface area contributed by atoms with E-state index in [0.717, 1.165) is 109 Å². The molecule has 0 saturated carbocycles. The summed E-state index contributed by atoms with van der Waals surface area (Å²) in [6.45, 7) is 4.16. The van der Waals surface area contributed by atoms with Crippen LogP contribution in [0.4, 0.5) is 0 Å². The molecule has 0 fully saturated rings. The van der Waals surface area contributed by atoms with Gasteiger partial charge in [-0.05, 0) is 89.9 Å². The van der Waals surface area contributed by atoms with Crippen LogP contribution < -0.4 is 4.89 Å². The summed E-state index contributed by atoms with van der Waals surface area (Å²) in [5, 5.41) is 0. The molecule has 0 aliphatic rings. The van der Waals surface area contributed by atoms with Crippen LogP contribution in [0.3, 0.4) is 0 Å². The highest BCUT2D eigenvalue weighted by atomic mass is 31.2. The second kappa shape index (κ2) is 74.6. The molecular weight excluding hydrogens is 1190 g/mol. The van der Waals surface area contributed by atoms with Gasteiger partial charge in [-0.1, -0.05) is 373 Å². The maximum absolute atomic E-state index is 12.9. The fourth-order valence-electron chi connectivity index (χ4n) is 11.2. The first-order valence-corrected chi connectivity index (χ1v) is 41.2. The third-order valence-electron chi connectivity index (χ3n) is 17.2. The lowest BCUT2D eigenvalue weighted by Crippen LogP contribution is -2.37. The monoisotopic (exact) mass is 1340 g/mol. The molecule has 0 aromatic heterocycles. The molecule has 548 valence electrons. The molecule has 0 amide bonds. The second-order valence-electron chi connectivity index (χ2n) is 27.7. The predicted molar refractivity (Wildman–Crippen MR) is 411 cm³/mol. The molecule has 2 unspecified atom stereocenters. The van der Waals surface area contributed by atoms with Gasteiger partial charge in [0, 0.05) is 12.8 Å². The van der Waals surface area contributed by atoms with Crippen LogP contribution in [0, 0.1) is 0 Å². The first-order chi connectivity index (χ1) is 46.5. The highest BCUT2D eigenvalue weighted by molar-refractivity contribution is 7.45. The Morgan fingerprint density at radius 3 is 0.895 bits per heavy atom. The van der Waals surface area contributed by atoms with E-state index in [1.165, 1.54) is 212 Å². The molecule has 0 N–H and O–H groups in total. The zero-order chi connectivity index (χ0) is 69.0. The highest BCUT2D eigenvalue weighted by Gasteiger charge is 2.22. The summed E-state index contributed by atoms with van der Waals surface area (Å²) in [7, 11) is 1.17. The number of ether oxygens (including phenoxy) is 2. The maximum atomic E-state index is 12.9. The molecule has 0 aromatic carbocycles. The standard InChI is InChI=1S/C85H150NO8P/c1-6-8-10-12-14-16-18-20-22-24-26-28-30-32-34-36-38-39-40-41-42-43-44-45-46-47-48-50-52-54-56-58-60-62-64-66-68-70-72-74-76-78-85(88)94-83(82-93-95(89,90)92-80-79-86(3,4)5)81-91-84(87)77-75-73-71-69-67-65-63-61-59-57-55-53-51-49-37-35-33-31-29-27-25-23-21-19-17-15-13-11-9-7-2/h8,10,14,16,20,22,26,28,32,34,38-39,41-42,44-45,47-48,52,54,83H,6-7,9,11-13,15,17-19,21,23-25,27,29-31,33,35-37,40,43,46,49-51,53,55-82H2,1-5H3/b10-8-,16-14-,22-20-,28-26-,34-32-,39-38-,42-41-,45-44-,48-47-,54-52-. The normalized spacial score (nSPS) is 13.7. The van der Waals surface area contributed by atoms with Gasteiger partial charge in [-0.2, -0.15) is 0 Å². The molecule has 2 atom stereocenters. The van der Waals surface area contributed by atoms with Crippen molar-refractivity contribution in [2.45, 2.75) is 360 Å². The van der Waals surface area contributed by atoms with Crippen LogP contribution in [0.25, 0.3) is 0 Å². The van der Waals surface area contributed by atoms with Crippen LogP contribution in [0.15, 0.2) is 122 Å². The molecule has 0 aliphatic carbocycles. The average Bonchev–Trinajstić information content (AvgIpc) is 1.81. The van der Waals surface area contributed by atoms with E-state index in [0.29, 0.717) is 17.4 Å². The van der Waals surface area contributed by atoms with Crippen molar-refractivity contribution in [1.82, 2.24) is 0 Å². The molecule has 0 heterocycles. The van der Waals surface area contributed by atoms with E-state index in [2.05, 4.69) is 135 Å². The molecule has 0 aliphatic heterocycles. The summed E-state index contributed by atoms with van der Waals surface area (Å²) in [4.78, 5) is 38.2. The molecule has 10 heteroatoms. The van der Waals surface area contributed by atoms with Crippen molar-refractivity contribution in [2.75, 3.05) is 47.5 Å². The number of hydrogen-bond donors (Lipinski definition) is 0. The summed E-state index contributed by atoms with van der Waals surface area (Å²) in [6.07, 6.45) is 107. The first kappa shape index (κ1) is 91.4. The Hall–Kier alpha value is -3.59. The average molecular weight is 1350 g/mol. The van der Waals surface area contributed by atoms with Crippen LogP contribution >= 0.6 is 7.82 Å². The van der Waals surface area contributed by atoms with Gasteiger partial charge in [-0.15, -0.1) is 0 Å². The van der Waals surface area contributed by atoms with Gasteiger partial charge in [0.1, 0.15) is 19.8 Å². The number of unbranched alkanes of at least 4 members (excludes halogenated alkanes) is 39. The Morgan fingerprint density at radius 2 is 0.600 bits per heavy atom. The SMILES string of the molecule is CC/C=C\C/C=C\C/C=C\C/C=C\C/C=C\C/C=C\C/C=C\C/C=C\C/C=C\C/C=C\CCCCCCCCCCCCC(=O)OC(COC(=O)CCCCCCCCCCCCCCCCCCCCCCCCCCCCCCCC)COP(=O)([O-])OCC[N+](C)(C)C. The maximum Gasteiger partial charge on any atom is 0.306 e. The summed E-state index contributed by atoms with van der Waals surface area (Å²) < 4.78 is 34.4. The fraction of sp³-hybridized carbons (Fsp3) is 0.741. The summed E-state index contributed by atoms with van der Waals surface area (Å²) in [5.41, 5.74) is 0. The van der Waals surface area contributed by atoms with Crippen molar-refractivity contribution >= 4 is 19.8 Å². The first-order valence-electron chi connectivity index (χ1n) is 39.7. The molecule has 9 nitrogen and oxygen atoms in total. The third-order valence-corrected chi connectivity index (χ3v) is 18.2. The van der Waals surface area contributed by atoms with E-state index < -0.39 is 26.5 Å². The van der Waals surface area contributed by atoms with Crippen molar-refractivity contribution < 1.29 is 42.1 Å². The zero-order valence-electron chi connectivity index (χ0n) is 62.6. The number of nitrogens with zero attached hydrogens (tertiary/aromatic N) is 1. The van der Waals surface area contributed by atoms with E-state index in [-0.39, 0.29) is 32.0 Å². The van der Waals surface area contributed by atoms with Crippen molar-refractivity contribution in [2.24, 2.45) is 0 Å². The number of hydrogen-bond acceptors (Lipinski definition) is 8. The minimum atomic E-state index is -4.65. The van der Waals surface area contributed by atoms with Gasteiger partial charge in [0.05, 0.1) is 27.7 Å². The van der Waals surface area contributed by atoms with Gasteiger partial charge in [0.15, 0.2) is 6.10 Å². The minimum Gasteiger partial charge on any atom is -0.756 e. The summed E-state index contributed by atoms with van der Waals surface area (Å²) in [5.74, 6) is -0.828. The van der Waals surface area contributed by atoms with E-state index in [1.54, 1.807) is 0 Å². The van der Waals surface area contributed by atoms with E-state index >= 15 is 0 Å². The quantitative estimate of drug-likeness (QED) is 0.0195. The van der Waals surface area contributed by atoms with Gasteiger partial charge < -0.3 is 27.9 Å². The number of rotatable bonds is 73. The van der Waals surface area contributed by atoms with Crippen molar-refractivity contribution in [3.8, 4) is 0 Å². The van der Waals surface area contributed by atoms with Gasteiger partial charge >= 0.3 is 11.9 Å². The molecule has 0 aromatic rings. The Morgan fingerprint density at radius 1 is 0.337 bits per heavy atom. The lowest BCUT2D eigenvalue weighted by Gasteiger charge is -2.28. The molecule has 0 radical (unpaired) electrons. The van der Waals surface area contributed by atoms with Crippen molar-refractivity contribution in [1.29, 1.82) is 0 Å². The van der Waals surface area contributed by atoms with Crippen molar-refractivity contribution in [3.63, 3.8) is 0 Å². The lowest BCUT2D eigenvalue weighted by molar-refractivity contribution is -0.870. The van der Waals surface area contributed by atoms with Crippen LogP contribution in [-0.2, 0) is 32.7 Å². The van der Waals surface area contributed by atoms with Crippen molar-refractivity contribution in [3.05, 3.63) is 122 Å². The molecule has 95 heavy (non-hydrogen) atoms. The van der Waals surface area contributed by atoms with Gasteiger partial charge in [-0.3, -0.25) is 14.2 Å². The van der Waals surface area contributed by atoms with Gasteiger partial charge in [0.2, 0.25) is 0 Å². The van der Waals surface area contributed by atoms with Crippen LogP contribution in [0.2, 0.25) is 0 Å². The number of quaternary nitrogens is 1. The Balaban J connectivity index is 4.02. The number of carbonyl (C=O) groups excluding carboxylic acids is 2. The van der Waals surface area contributed by atoms with Crippen LogP contribution in [0.5, 0.6) is 0 Å². The molecule has 0 rings (SSSR count). The molecular formula is C85H150NO8P. The lowest BCUT2D eigenvalue weighted by atomic mass is 10.0. The largest absolute Gasteiger partial charge is 0.756 e. The number of phosphoric acid groups is 1. The van der Waals surface area contributed by atoms with Gasteiger partial charge in [-0.25, -0.2) is 0 Å². The van der Waals surface area contributed by atoms with E-state index in [1.807, 2.05) is 21.1 Å². The molecule has 0 bridgehead atoms. The number of esters is 2. The van der Waals surface area contributed by atoms with Crippen LogP contribution in [0.1, 0.15) is 354 Å². The minimum absolute atomic E-state index is 0.0346. The Labute approximate surface area is 588 Å². The number of likely N-dealkylation sites (N-methyl/N-ethyl adjacent to an activating group) is 1. The van der Waals surface area contributed by atoms with E-state index in [4.69, 9.17) is 18.5 Å². The smallest absolute Gasteiger partial charge is 0.306 e. The second-order valence-corrected chi connectivity index (χ2v) is 29.1. The highest BCUT2D eigenvalue weighted by Crippen LogP contribution is 2.38. The van der Waals surface area contributed by atoms with E-state index in [9.17, 15) is 19.0 Å². The number of phosphoric ester groups is 1. The fourth-order valence-corrected chi connectivity index (χ4v) is 11.9. The van der Waals surface area contributed by atoms with Crippen LogP contribution in [-0.4, -0.2) is 70.0 Å². The summed E-state index contributed by atoms with van der Waals surface area (Å²) >= 11 is 0.